The summed E-state index contributed by atoms with van der Waals surface area (Å²) >= 11 is 3.43. The second-order valence-corrected chi connectivity index (χ2v) is 5.16. The van der Waals surface area contributed by atoms with Crippen molar-refractivity contribution >= 4 is 21.8 Å². The molecule has 104 valence electrons. The average molecular weight is 336 g/mol. The first kappa shape index (κ1) is 14.3. The number of oxime groups is 1. The van der Waals surface area contributed by atoms with Crippen LogP contribution >= 0.6 is 15.9 Å². The number of amidine groups is 1. The number of nitrogens with zero attached hydrogens (tertiary/aromatic N) is 2. The Bertz CT molecular complexity index is 671. The number of benzene rings is 1. The molecule has 1 heterocycles. The molecule has 2 aromatic rings. The topological polar surface area (TPSA) is 80.7 Å². The lowest BCUT2D eigenvalue weighted by atomic mass is 10.1. The molecule has 0 fully saturated rings. The lowest BCUT2D eigenvalue weighted by molar-refractivity contribution is 0.318. The maximum Gasteiger partial charge on any atom is 0.230 e. The first-order valence-corrected chi connectivity index (χ1v) is 6.69. The van der Waals surface area contributed by atoms with Crippen LogP contribution in [0, 0.1) is 13.8 Å². The van der Waals surface area contributed by atoms with E-state index < -0.39 is 0 Å². The minimum atomic E-state index is -0.0283. The van der Waals surface area contributed by atoms with E-state index in [9.17, 15) is 0 Å². The molecule has 0 aliphatic rings. The molecular weight excluding hydrogens is 322 g/mol. The molecule has 6 heteroatoms. The van der Waals surface area contributed by atoms with Crippen molar-refractivity contribution in [3.05, 3.63) is 51.6 Å². The minimum absolute atomic E-state index is 0.0283. The van der Waals surface area contributed by atoms with Gasteiger partial charge in [-0.1, -0.05) is 21.1 Å². The zero-order chi connectivity index (χ0) is 14.7. The minimum Gasteiger partial charge on any atom is -0.438 e. The molecule has 3 N–H and O–H groups in total. The Morgan fingerprint density at radius 3 is 2.70 bits per heavy atom. The number of ether oxygens (including phenoxy) is 1. The number of aromatic nitrogens is 1. The highest BCUT2D eigenvalue weighted by Crippen LogP contribution is 2.28. The molecule has 0 saturated carbocycles. The van der Waals surface area contributed by atoms with Crippen molar-refractivity contribution in [3.63, 3.8) is 0 Å². The Hall–Kier alpha value is -2.08. The number of rotatable bonds is 3. The van der Waals surface area contributed by atoms with Crippen LogP contribution in [0.15, 0.2) is 40.1 Å². The fourth-order valence-corrected chi connectivity index (χ4v) is 2.01. The van der Waals surface area contributed by atoms with E-state index in [0.29, 0.717) is 17.2 Å². The normalized spacial score (nSPS) is 11.4. The van der Waals surface area contributed by atoms with Crippen LogP contribution in [0.4, 0.5) is 0 Å². The van der Waals surface area contributed by atoms with Crippen LogP contribution in [0.3, 0.4) is 0 Å². The van der Waals surface area contributed by atoms with E-state index >= 15 is 0 Å². The van der Waals surface area contributed by atoms with Crippen molar-refractivity contribution in [2.75, 3.05) is 0 Å². The predicted molar refractivity (Wildman–Crippen MR) is 80.4 cm³/mol. The average Bonchev–Trinajstić information content (AvgIpc) is 2.42. The van der Waals surface area contributed by atoms with Crippen molar-refractivity contribution < 1.29 is 9.94 Å². The van der Waals surface area contributed by atoms with Gasteiger partial charge in [-0.2, -0.15) is 0 Å². The van der Waals surface area contributed by atoms with Crippen molar-refractivity contribution in [2.45, 2.75) is 13.8 Å². The summed E-state index contributed by atoms with van der Waals surface area (Å²) in [5.74, 6) is 0.914. The number of nitrogens with two attached hydrogens (primary N) is 1. The van der Waals surface area contributed by atoms with Gasteiger partial charge in [0.2, 0.25) is 5.88 Å². The SMILES string of the molecule is Cc1cc(Oc2nccc(C)c2/C(N)=N/O)ccc1Br. The second-order valence-electron chi connectivity index (χ2n) is 4.31. The molecule has 1 aromatic heterocycles. The third-order valence-electron chi connectivity index (χ3n) is 2.83. The van der Waals surface area contributed by atoms with Gasteiger partial charge in [0.1, 0.15) is 5.75 Å². The first-order chi connectivity index (χ1) is 9.52. The Labute approximate surface area is 125 Å². The number of hydrogen-bond donors (Lipinski definition) is 2. The molecule has 5 nitrogen and oxygen atoms in total. The van der Waals surface area contributed by atoms with Gasteiger partial charge in [-0.3, -0.25) is 0 Å². The molecule has 0 saturated heterocycles. The van der Waals surface area contributed by atoms with Gasteiger partial charge >= 0.3 is 0 Å². The van der Waals surface area contributed by atoms with Gasteiger partial charge in [0, 0.05) is 10.7 Å². The molecule has 0 aliphatic carbocycles. The summed E-state index contributed by atoms with van der Waals surface area (Å²) in [4.78, 5) is 4.15. The molecule has 0 unspecified atom stereocenters. The van der Waals surface area contributed by atoms with Gasteiger partial charge < -0.3 is 15.7 Å². The largest absolute Gasteiger partial charge is 0.438 e. The first-order valence-electron chi connectivity index (χ1n) is 5.90. The summed E-state index contributed by atoms with van der Waals surface area (Å²) in [5, 5.41) is 11.9. The van der Waals surface area contributed by atoms with Crippen molar-refractivity contribution in [2.24, 2.45) is 10.9 Å². The fourth-order valence-electron chi connectivity index (χ4n) is 1.76. The van der Waals surface area contributed by atoms with Gasteiger partial charge in [-0.05, 0) is 49.2 Å². The highest BCUT2D eigenvalue weighted by molar-refractivity contribution is 9.10. The summed E-state index contributed by atoms with van der Waals surface area (Å²) in [5.41, 5.74) is 8.02. The van der Waals surface area contributed by atoms with Crippen molar-refractivity contribution in [1.82, 2.24) is 4.98 Å². The van der Waals surface area contributed by atoms with Gasteiger partial charge in [0.25, 0.3) is 0 Å². The molecule has 0 atom stereocenters. The number of aryl methyl sites for hydroxylation is 2. The summed E-state index contributed by atoms with van der Waals surface area (Å²) in [6.45, 7) is 3.81. The van der Waals surface area contributed by atoms with E-state index in [1.807, 2.05) is 32.0 Å². The van der Waals surface area contributed by atoms with Crippen LogP contribution in [0.25, 0.3) is 0 Å². The molecule has 20 heavy (non-hydrogen) atoms. The maximum atomic E-state index is 8.86. The van der Waals surface area contributed by atoms with E-state index in [2.05, 4.69) is 26.1 Å². The number of halogens is 1. The third-order valence-corrected chi connectivity index (χ3v) is 3.72. The highest BCUT2D eigenvalue weighted by atomic mass is 79.9. The van der Waals surface area contributed by atoms with E-state index in [1.54, 1.807) is 12.3 Å². The molecular formula is C14H14BrN3O2. The van der Waals surface area contributed by atoms with Crippen LogP contribution in [-0.4, -0.2) is 16.0 Å². The maximum absolute atomic E-state index is 8.86. The van der Waals surface area contributed by atoms with Crippen LogP contribution in [0.2, 0.25) is 0 Å². The summed E-state index contributed by atoms with van der Waals surface area (Å²) in [6, 6.07) is 7.36. The van der Waals surface area contributed by atoms with Gasteiger partial charge in [-0.15, -0.1) is 0 Å². The zero-order valence-electron chi connectivity index (χ0n) is 11.1. The Balaban J connectivity index is 2.43. The highest BCUT2D eigenvalue weighted by Gasteiger charge is 2.14. The lowest BCUT2D eigenvalue weighted by Crippen LogP contribution is -2.16. The zero-order valence-corrected chi connectivity index (χ0v) is 12.7. The second kappa shape index (κ2) is 5.92. The number of pyridine rings is 1. The van der Waals surface area contributed by atoms with Crippen LogP contribution in [0.1, 0.15) is 16.7 Å². The Morgan fingerprint density at radius 2 is 2.05 bits per heavy atom. The molecule has 0 amide bonds. The van der Waals surface area contributed by atoms with E-state index in [0.717, 1.165) is 15.6 Å². The summed E-state index contributed by atoms with van der Waals surface area (Å²) in [7, 11) is 0. The predicted octanol–water partition coefficient (Wildman–Crippen LogP) is 3.35. The molecule has 0 radical (unpaired) electrons. The fraction of sp³-hybridized carbons (Fsp3) is 0.143. The van der Waals surface area contributed by atoms with E-state index in [4.69, 9.17) is 15.7 Å². The van der Waals surface area contributed by atoms with E-state index in [1.165, 1.54) is 0 Å². The van der Waals surface area contributed by atoms with Gasteiger partial charge in [0.15, 0.2) is 5.84 Å². The van der Waals surface area contributed by atoms with Crippen LogP contribution in [-0.2, 0) is 0 Å². The summed E-state index contributed by atoms with van der Waals surface area (Å²) in [6.07, 6.45) is 1.62. The molecule has 0 spiro atoms. The standard InChI is InChI=1S/C14H14BrN3O2/c1-8-5-6-17-14(12(8)13(16)18-19)20-10-3-4-11(15)9(2)7-10/h3-7,19H,1-2H3,(H2,16,18). The van der Waals surface area contributed by atoms with Gasteiger partial charge in [0.05, 0.1) is 5.56 Å². The third kappa shape index (κ3) is 2.91. The molecule has 0 aliphatic heterocycles. The molecule has 2 rings (SSSR count). The quantitative estimate of drug-likeness (QED) is 0.390. The van der Waals surface area contributed by atoms with Crippen molar-refractivity contribution in [1.29, 1.82) is 0 Å². The monoisotopic (exact) mass is 335 g/mol. The summed E-state index contributed by atoms with van der Waals surface area (Å²) < 4.78 is 6.74. The molecule has 0 bridgehead atoms. The smallest absolute Gasteiger partial charge is 0.230 e. The Morgan fingerprint density at radius 1 is 1.30 bits per heavy atom. The van der Waals surface area contributed by atoms with E-state index in [-0.39, 0.29) is 5.84 Å². The van der Waals surface area contributed by atoms with Crippen molar-refractivity contribution in [3.8, 4) is 11.6 Å². The Kier molecular flexibility index (Phi) is 4.24. The van der Waals surface area contributed by atoms with Gasteiger partial charge in [-0.25, -0.2) is 4.98 Å². The molecule has 1 aromatic carbocycles. The lowest BCUT2D eigenvalue weighted by Gasteiger charge is -2.12. The van der Waals surface area contributed by atoms with Crippen LogP contribution < -0.4 is 10.5 Å². The number of hydrogen-bond acceptors (Lipinski definition) is 4. The van der Waals surface area contributed by atoms with Crippen LogP contribution in [0.5, 0.6) is 11.6 Å².